The van der Waals surface area contributed by atoms with Gasteiger partial charge in [0.2, 0.25) is 0 Å². The fraction of sp³-hybridized carbons (Fsp3) is 0.150. The van der Waals surface area contributed by atoms with Crippen LogP contribution in [0.5, 0.6) is 5.75 Å². The first kappa shape index (κ1) is 21.2. The molecule has 0 bridgehead atoms. The summed E-state index contributed by atoms with van der Waals surface area (Å²) < 4.78 is 57.1. The zero-order valence-corrected chi connectivity index (χ0v) is 17.6. The first-order valence-electron chi connectivity index (χ1n) is 8.40. The monoisotopic (exact) mass is 483 g/mol. The largest absolute Gasteiger partial charge is 0.487 e. The van der Waals surface area contributed by atoms with Crippen molar-refractivity contribution in [3.63, 3.8) is 0 Å². The van der Waals surface area contributed by atoms with Gasteiger partial charge in [-0.3, -0.25) is 4.79 Å². The number of hydrogen-bond acceptors (Lipinski definition) is 4. The molecule has 0 atom stereocenters. The molecule has 0 aliphatic carbocycles. The molecule has 9 heteroatoms. The molecule has 3 aromatic rings. The molecule has 0 unspecified atom stereocenters. The second kappa shape index (κ2) is 8.46. The van der Waals surface area contributed by atoms with Gasteiger partial charge in [0.05, 0.1) is 11.4 Å². The van der Waals surface area contributed by atoms with Crippen molar-refractivity contribution in [2.24, 2.45) is 0 Å². The average molecular weight is 484 g/mol. The van der Waals surface area contributed by atoms with Gasteiger partial charge in [0.15, 0.2) is 9.84 Å². The second-order valence-electron chi connectivity index (χ2n) is 6.37. The van der Waals surface area contributed by atoms with Crippen molar-refractivity contribution in [2.75, 3.05) is 6.26 Å². The Morgan fingerprint density at radius 2 is 1.86 bits per heavy atom. The van der Waals surface area contributed by atoms with Gasteiger partial charge in [-0.1, -0.05) is 12.1 Å². The minimum absolute atomic E-state index is 0.141. The Kier molecular flexibility index (Phi) is 6.18. The molecule has 2 aromatic carbocycles. The van der Waals surface area contributed by atoms with E-state index in [2.05, 4.69) is 15.9 Å². The third kappa shape index (κ3) is 5.10. The van der Waals surface area contributed by atoms with E-state index in [1.165, 1.54) is 35.0 Å². The molecule has 3 rings (SSSR count). The summed E-state index contributed by atoms with van der Waals surface area (Å²) in [5.74, 6) is -1.21. The number of halogens is 3. The maximum atomic E-state index is 13.7. The van der Waals surface area contributed by atoms with Gasteiger partial charge in [0.1, 0.15) is 28.5 Å². The van der Waals surface area contributed by atoms with Gasteiger partial charge >= 0.3 is 0 Å². The Hall–Kier alpha value is -2.52. The van der Waals surface area contributed by atoms with Crippen molar-refractivity contribution < 1.29 is 21.9 Å². The van der Waals surface area contributed by atoms with E-state index in [9.17, 15) is 22.0 Å². The molecular weight excluding hydrogens is 468 g/mol. The summed E-state index contributed by atoms with van der Waals surface area (Å²) in [5.41, 5.74) is 0.399. The number of ether oxygens (including phenoxy) is 1. The highest BCUT2D eigenvalue weighted by molar-refractivity contribution is 9.10. The molecule has 0 radical (unpaired) electrons. The van der Waals surface area contributed by atoms with Crippen LogP contribution in [-0.4, -0.2) is 19.2 Å². The van der Waals surface area contributed by atoms with Crippen LogP contribution >= 0.6 is 15.9 Å². The van der Waals surface area contributed by atoms with E-state index < -0.39 is 27.0 Å². The van der Waals surface area contributed by atoms with E-state index in [-0.39, 0.29) is 33.8 Å². The van der Waals surface area contributed by atoms with Crippen LogP contribution in [0.4, 0.5) is 8.78 Å². The normalized spacial score (nSPS) is 11.4. The third-order valence-electron chi connectivity index (χ3n) is 4.15. The number of aromatic nitrogens is 1. The quantitative estimate of drug-likeness (QED) is 0.532. The number of hydrogen-bond donors (Lipinski definition) is 0. The number of rotatable bonds is 6. The number of nitrogens with zero attached hydrogens (tertiary/aromatic N) is 1. The van der Waals surface area contributed by atoms with Crippen LogP contribution < -0.4 is 10.3 Å². The summed E-state index contributed by atoms with van der Waals surface area (Å²) in [6, 6.07) is 11.0. The van der Waals surface area contributed by atoms with Crippen LogP contribution in [0.2, 0.25) is 0 Å². The van der Waals surface area contributed by atoms with Gasteiger partial charge in [-0.25, -0.2) is 17.2 Å². The molecule has 1 aromatic heterocycles. The van der Waals surface area contributed by atoms with E-state index in [1.54, 1.807) is 12.1 Å². The molecule has 1 heterocycles. The summed E-state index contributed by atoms with van der Waals surface area (Å²) >= 11 is 3.19. The lowest BCUT2D eigenvalue weighted by atomic mass is 10.2. The molecule has 29 heavy (non-hydrogen) atoms. The lowest BCUT2D eigenvalue weighted by Crippen LogP contribution is -2.21. The van der Waals surface area contributed by atoms with E-state index in [0.29, 0.717) is 5.56 Å². The lowest BCUT2D eigenvalue weighted by molar-refractivity contribution is 0.296. The first-order valence-corrected chi connectivity index (χ1v) is 11.1. The second-order valence-corrected chi connectivity index (χ2v) is 9.18. The molecule has 0 aliphatic heterocycles. The van der Waals surface area contributed by atoms with Crippen molar-refractivity contribution in [3.8, 4) is 5.75 Å². The van der Waals surface area contributed by atoms with E-state index in [1.807, 2.05) is 0 Å². The highest BCUT2D eigenvalue weighted by atomic mass is 79.9. The molecule has 0 saturated heterocycles. The molecule has 0 fully saturated rings. The van der Waals surface area contributed by atoms with Crippen molar-refractivity contribution in [1.82, 2.24) is 4.57 Å². The number of sulfone groups is 1. The molecule has 0 spiro atoms. The molecule has 152 valence electrons. The van der Waals surface area contributed by atoms with Crippen molar-refractivity contribution in [1.29, 1.82) is 0 Å². The van der Waals surface area contributed by atoms with Crippen LogP contribution in [0.1, 0.15) is 11.1 Å². The Balaban J connectivity index is 1.80. The average Bonchev–Trinajstić information content (AvgIpc) is 2.66. The van der Waals surface area contributed by atoms with Gasteiger partial charge in [0, 0.05) is 24.1 Å². The van der Waals surface area contributed by atoms with Crippen molar-refractivity contribution >= 4 is 25.8 Å². The Morgan fingerprint density at radius 1 is 1.10 bits per heavy atom. The topological polar surface area (TPSA) is 65.4 Å². The summed E-state index contributed by atoms with van der Waals surface area (Å²) in [6.07, 6.45) is 2.61. The minimum atomic E-state index is -3.35. The molecule has 0 amide bonds. The van der Waals surface area contributed by atoms with Gasteiger partial charge in [-0.2, -0.15) is 0 Å². The predicted octanol–water partition coefficient (Wildman–Crippen LogP) is 3.92. The SMILES string of the molecule is CS(=O)(=O)c1cccc(Cn2ccc(OCc3ccc(F)cc3F)c(Br)c2=O)c1. The maximum Gasteiger partial charge on any atom is 0.268 e. The standard InChI is InChI=1S/C20H16BrF2NO4S/c1-29(26,27)16-4-2-3-13(9-16)11-24-8-7-18(19(21)20(24)25)28-12-14-5-6-15(22)10-17(14)23/h2-10H,11-12H2,1H3. The van der Waals surface area contributed by atoms with Crippen molar-refractivity contribution in [3.05, 3.63) is 92.3 Å². The smallest absolute Gasteiger partial charge is 0.268 e. The highest BCUT2D eigenvalue weighted by Crippen LogP contribution is 2.23. The van der Waals surface area contributed by atoms with Crippen molar-refractivity contribution in [2.45, 2.75) is 18.0 Å². The molecule has 0 aliphatic rings. The van der Waals surface area contributed by atoms with Crippen LogP contribution in [0, 0.1) is 11.6 Å². The zero-order valence-electron chi connectivity index (χ0n) is 15.2. The predicted molar refractivity (Wildman–Crippen MR) is 108 cm³/mol. The summed E-state index contributed by atoms with van der Waals surface area (Å²) in [7, 11) is -3.35. The van der Waals surface area contributed by atoms with E-state index in [0.717, 1.165) is 18.4 Å². The number of benzene rings is 2. The summed E-state index contributed by atoms with van der Waals surface area (Å²) in [4.78, 5) is 12.8. The zero-order chi connectivity index (χ0) is 21.2. The van der Waals surface area contributed by atoms with Crippen LogP contribution in [0.15, 0.2) is 68.9 Å². The van der Waals surface area contributed by atoms with E-state index in [4.69, 9.17) is 4.74 Å². The molecule has 0 N–H and O–H groups in total. The Bertz CT molecular complexity index is 1230. The van der Waals surface area contributed by atoms with Gasteiger partial charge < -0.3 is 9.30 Å². The molecular formula is C20H16BrF2NO4S. The fourth-order valence-corrected chi connectivity index (χ4v) is 3.80. The van der Waals surface area contributed by atoms with Crippen LogP contribution in [-0.2, 0) is 23.0 Å². The maximum absolute atomic E-state index is 13.7. The van der Waals surface area contributed by atoms with Gasteiger partial charge in [-0.15, -0.1) is 0 Å². The Morgan fingerprint density at radius 3 is 2.55 bits per heavy atom. The van der Waals surface area contributed by atoms with Gasteiger partial charge in [0.25, 0.3) is 5.56 Å². The van der Waals surface area contributed by atoms with Crippen LogP contribution in [0.3, 0.4) is 0 Å². The minimum Gasteiger partial charge on any atom is -0.487 e. The third-order valence-corrected chi connectivity index (χ3v) is 5.99. The molecule has 0 saturated carbocycles. The van der Waals surface area contributed by atoms with Crippen LogP contribution in [0.25, 0.3) is 0 Å². The lowest BCUT2D eigenvalue weighted by Gasteiger charge is -2.12. The first-order chi connectivity index (χ1) is 13.6. The highest BCUT2D eigenvalue weighted by Gasteiger charge is 2.12. The van der Waals surface area contributed by atoms with E-state index >= 15 is 0 Å². The molecule has 5 nitrogen and oxygen atoms in total. The summed E-state index contributed by atoms with van der Waals surface area (Å²) in [6.45, 7) is -0.0156. The Labute approximate surface area is 174 Å². The fourth-order valence-electron chi connectivity index (χ4n) is 2.63. The summed E-state index contributed by atoms with van der Waals surface area (Å²) in [5, 5.41) is 0. The number of pyridine rings is 1. The van der Waals surface area contributed by atoms with Gasteiger partial charge in [-0.05, 0) is 51.8 Å².